The number of phenolic OH excluding ortho intramolecular Hbond substituents is 1. The minimum absolute atomic E-state index is 0.00958. The molecule has 2 atom stereocenters. The zero-order valence-corrected chi connectivity index (χ0v) is 36.8. The van der Waals surface area contributed by atoms with Crippen LogP contribution in [0.3, 0.4) is 0 Å². The van der Waals surface area contributed by atoms with Crippen molar-refractivity contribution in [2.75, 3.05) is 100 Å². The van der Waals surface area contributed by atoms with Crippen LogP contribution >= 0.6 is 0 Å². The number of piperazine rings is 1. The van der Waals surface area contributed by atoms with Crippen LogP contribution < -0.4 is 24.8 Å². The van der Waals surface area contributed by atoms with Crippen LogP contribution in [0.5, 0.6) is 11.5 Å². The Morgan fingerprint density at radius 2 is 1.45 bits per heavy atom. The number of methoxy groups -OCH3 is 1. The maximum Gasteiger partial charge on any atom is 0.255 e. The number of hydrogen-bond donors (Lipinski definition) is 2. The summed E-state index contributed by atoms with van der Waals surface area (Å²) in [5, 5.41) is 13.1. The molecule has 0 bridgehead atoms. The fourth-order valence-electron chi connectivity index (χ4n) is 11.8. The van der Waals surface area contributed by atoms with Gasteiger partial charge in [0.1, 0.15) is 23.4 Å². The van der Waals surface area contributed by atoms with Crippen LogP contribution in [-0.2, 0) is 25.7 Å². The average molecular weight is 878 g/mol. The number of carbonyl (C=O) groups is 4. The van der Waals surface area contributed by atoms with Crippen molar-refractivity contribution < 1.29 is 38.1 Å². The second-order valence-corrected chi connectivity index (χ2v) is 19.1. The summed E-state index contributed by atoms with van der Waals surface area (Å²) in [7, 11) is 1.60. The van der Waals surface area contributed by atoms with E-state index in [-0.39, 0.29) is 41.6 Å². The second kappa shape index (κ2) is 17.6. The van der Waals surface area contributed by atoms with Gasteiger partial charge in [0, 0.05) is 115 Å². The molecule has 7 aliphatic rings. The lowest BCUT2D eigenvalue weighted by atomic mass is 9.62. The maximum absolute atomic E-state index is 16.3. The van der Waals surface area contributed by atoms with E-state index in [9.17, 15) is 24.3 Å². The summed E-state index contributed by atoms with van der Waals surface area (Å²) >= 11 is 0. The Balaban J connectivity index is 0.689. The van der Waals surface area contributed by atoms with Crippen molar-refractivity contribution in [2.45, 2.75) is 70.0 Å². The van der Waals surface area contributed by atoms with Crippen molar-refractivity contribution in [2.24, 2.45) is 17.3 Å². The highest BCUT2D eigenvalue weighted by Gasteiger charge is 2.63. The molecule has 3 aromatic carbocycles. The molecule has 1 unspecified atom stereocenters. The van der Waals surface area contributed by atoms with E-state index in [1.165, 1.54) is 0 Å². The maximum atomic E-state index is 16.3. The summed E-state index contributed by atoms with van der Waals surface area (Å²) in [6.45, 7) is 11.2. The van der Waals surface area contributed by atoms with Crippen LogP contribution in [0.2, 0.25) is 0 Å². The minimum atomic E-state index is -0.743. The van der Waals surface area contributed by atoms with Gasteiger partial charge in [-0.1, -0.05) is 12.1 Å². The summed E-state index contributed by atoms with van der Waals surface area (Å²) in [6, 6.07) is 15.1. The Bertz CT molecular complexity index is 2280. The molecule has 0 aromatic heterocycles. The van der Waals surface area contributed by atoms with Crippen LogP contribution in [0.4, 0.5) is 21.5 Å². The summed E-state index contributed by atoms with van der Waals surface area (Å²) in [5.41, 5.74) is 3.55. The van der Waals surface area contributed by atoms with Gasteiger partial charge in [-0.05, 0) is 98.7 Å². The number of piperidine rings is 3. The highest BCUT2D eigenvalue weighted by Crippen LogP contribution is 2.60. The molecule has 0 radical (unpaired) electrons. The molecule has 7 aliphatic heterocycles. The summed E-state index contributed by atoms with van der Waals surface area (Å²) in [4.78, 5) is 64.2. The number of hydrogen-bond acceptors (Lipinski definition) is 11. The number of para-hydroxylation sites is 2. The van der Waals surface area contributed by atoms with Gasteiger partial charge in [0.25, 0.3) is 5.91 Å². The fourth-order valence-corrected chi connectivity index (χ4v) is 11.8. The molecule has 4 amide bonds. The predicted octanol–water partition coefficient (Wildman–Crippen LogP) is 4.94. The van der Waals surface area contributed by atoms with Gasteiger partial charge >= 0.3 is 0 Å². The van der Waals surface area contributed by atoms with Crippen molar-refractivity contribution >= 4 is 40.7 Å². The average Bonchev–Trinajstić information content (AvgIpc) is 3.64. The SMILES string of the molecule is COc1cc(N2CCC(CN3CCN(CC4CCN(c5ccc6c(c5)CN(C5CCC(=O)NC5=O)C6=O)CC4)CC3)CC2)c(F)cc1[C@@H]1N(c2ccccc2O)C(=O)C12CCOCC2. The number of phenols is 1. The number of carbonyl (C=O) groups excluding carboxylic acids is 4. The highest BCUT2D eigenvalue weighted by atomic mass is 19.1. The lowest BCUT2D eigenvalue weighted by Crippen LogP contribution is -2.65. The lowest BCUT2D eigenvalue weighted by Gasteiger charge is -2.57. The van der Waals surface area contributed by atoms with Crippen molar-refractivity contribution in [3.8, 4) is 11.5 Å². The zero-order chi connectivity index (χ0) is 44.1. The van der Waals surface area contributed by atoms with E-state index in [1.807, 2.05) is 18.2 Å². The molecule has 6 fully saturated rings. The third kappa shape index (κ3) is 7.87. The van der Waals surface area contributed by atoms with Gasteiger partial charge in [0.05, 0.1) is 29.9 Å². The van der Waals surface area contributed by atoms with E-state index in [1.54, 1.807) is 47.2 Å². The number of β-lactam (4-membered cyclic amide) rings is 1. The molecule has 14 nitrogen and oxygen atoms in total. The molecule has 64 heavy (non-hydrogen) atoms. The van der Waals surface area contributed by atoms with Gasteiger partial charge in [0.2, 0.25) is 17.7 Å². The first-order chi connectivity index (χ1) is 31.1. The van der Waals surface area contributed by atoms with Gasteiger partial charge in [-0.25, -0.2) is 4.39 Å². The quantitative estimate of drug-likeness (QED) is 0.212. The van der Waals surface area contributed by atoms with E-state index in [2.05, 4.69) is 31.0 Å². The van der Waals surface area contributed by atoms with E-state index >= 15 is 4.39 Å². The standard InChI is InChI=1S/C49H60FN7O7/c1-63-43-28-41(38(50)27-37(43)45-49(14-24-64-25-15-49)48(62)57(45)39-4-2-3-5-42(39)58)55-18-12-33(13-19-55)30-53-22-20-52(21-23-53)29-32-10-16-54(17-11-32)35-6-7-36-34(26-35)31-56(47(36)61)40-8-9-44(59)51-46(40)60/h2-7,26-28,32-33,40,45,58H,8-25,29-31H2,1H3,(H,51,59,60)/t40?,45-/m0/s1. The fraction of sp³-hybridized carbons (Fsp3) is 0.551. The second-order valence-electron chi connectivity index (χ2n) is 19.1. The monoisotopic (exact) mass is 877 g/mol. The molecule has 340 valence electrons. The third-order valence-electron chi connectivity index (χ3n) is 15.5. The number of benzene rings is 3. The van der Waals surface area contributed by atoms with Gasteiger partial charge < -0.3 is 39.1 Å². The first kappa shape index (κ1) is 42.7. The molecule has 2 N–H and O–H groups in total. The summed E-state index contributed by atoms with van der Waals surface area (Å²) in [5.74, 6) is 0.562. The molecule has 6 saturated heterocycles. The van der Waals surface area contributed by atoms with Gasteiger partial charge in [-0.15, -0.1) is 0 Å². The van der Waals surface area contributed by atoms with Gasteiger partial charge in [0.15, 0.2) is 0 Å². The van der Waals surface area contributed by atoms with Crippen LogP contribution in [-0.4, -0.2) is 135 Å². The van der Waals surface area contributed by atoms with Crippen molar-refractivity contribution in [3.05, 3.63) is 77.1 Å². The Morgan fingerprint density at radius 1 is 0.797 bits per heavy atom. The Labute approximate surface area is 374 Å². The lowest BCUT2D eigenvalue weighted by molar-refractivity contribution is -0.149. The molecular weight excluding hydrogens is 818 g/mol. The first-order valence-electron chi connectivity index (χ1n) is 23.4. The van der Waals surface area contributed by atoms with E-state index in [0.717, 1.165) is 102 Å². The number of nitrogens with one attached hydrogen (secondary N) is 1. The van der Waals surface area contributed by atoms with Crippen molar-refractivity contribution in [1.29, 1.82) is 0 Å². The number of imide groups is 1. The number of fused-ring (bicyclic) bond motifs is 1. The topological polar surface area (TPSA) is 138 Å². The first-order valence-corrected chi connectivity index (χ1v) is 23.4. The van der Waals surface area contributed by atoms with Crippen molar-refractivity contribution in [1.82, 2.24) is 20.0 Å². The number of halogens is 1. The number of aromatic hydroxyl groups is 1. The third-order valence-corrected chi connectivity index (χ3v) is 15.5. The Hall–Kier alpha value is -5.25. The van der Waals surface area contributed by atoms with E-state index in [0.29, 0.717) is 79.1 Å². The van der Waals surface area contributed by atoms with Gasteiger partial charge in [-0.2, -0.15) is 0 Å². The Morgan fingerprint density at radius 3 is 2.09 bits per heavy atom. The number of nitrogens with zero attached hydrogens (tertiary/aromatic N) is 6. The summed E-state index contributed by atoms with van der Waals surface area (Å²) in [6.07, 6.45) is 5.89. The van der Waals surface area contributed by atoms with Crippen LogP contribution in [0, 0.1) is 23.1 Å². The van der Waals surface area contributed by atoms with E-state index < -0.39 is 17.5 Å². The van der Waals surface area contributed by atoms with Crippen LogP contribution in [0.25, 0.3) is 0 Å². The number of amides is 4. The minimum Gasteiger partial charge on any atom is -0.506 e. The van der Waals surface area contributed by atoms with Crippen LogP contribution in [0.1, 0.15) is 78.9 Å². The number of ether oxygens (including phenoxy) is 2. The molecule has 0 aliphatic carbocycles. The molecule has 3 aromatic rings. The molecular formula is C49H60FN7O7. The number of anilines is 3. The Kier molecular flexibility index (Phi) is 11.7. The number of rotatable bonds is 10. The van der Waals surface area contributed by atoms with E-state index in [4.69, 9.17) is 9.47 Å². The molecule has 0 saturated carbocycles. The van der Waals surface area contributed by atoms with Crippen LogP contribution in [0.15, 0.2) is 54.6 Å². The largest absolute Gasteiger partial charge is 0.506 e. The predicted molar refractivity (Wildman–Crippen MR) is 239 cm³/mol. The smallest absolute Gasteiger partial charge is 0.255 e. The molecule has 15 heteroatoms. The highest BCUT2D eigenvalue weighted by molar-refractivity contribution is 6.08. The molecule has 10 rings (SSSR count). The molecule has 7 heterocycles. The normalized spacial score (nSPS) is 24.9. The van der Waals surface area contributed by atoms with Crippen molar-refractivity contribution in [3.63, 3.8) is 0 Å². The summed E-state index contributed by atoms with van der Waals surface area (Å²) < 4.78 is 27.9. The van der Waals surface area contributed by atoms with Gasteiger partial charge in [-0.3, -0.25) is 29.4 Å². The zero-order valence-electron chi connectivity index (χ0n) is 36.8. The molecule has 1 spiro atoms.